The Kier molecular flexibility index (Phi) is 7.05. The van der Waals surface area contributed by atoms with E-state index < -0.39 is 11.8 Å². The van der Waals surface area contributed by atoms with Crippen LogP contribution in [0.4, 0.5) is 5.82 Å². The van der Waals surface area contributed by atoms with E-state index in [4.69, 9.17) is 10.3 Å². The summed E-state index contributed by atoms with van der Waals surface area (Å²) < 4.78 is 6.87. The number of nitrogens with zero attached hydrogens (tertiary/aromatic N) is 4. The molecule has 0 spiro atoms. The third kappa shape index (κ3) is 5.13. The van der Waals surface area contributed by atoms with E-state index >= 15 is 0 Å². The second-order valence-electron chi connectivity index (χ2n) is 9.98. The number of carbonyl (C=O) groups is 2. The van der Waals surface area contributed by atoms with Crippen LogP contribution in [0, 0.1) is 25.7 Å². The van der Waals surface area contributed by atoms with Gasteiger partial charge in [0.15, 0.2) is 0 Å². The van der Waals surface area contributed by atoms with Gasteiger partial charge in [-0.1, -0.05) is 24.9 Å². The number of carbonyl (C=O) groups excluding carboxylic acids is 2. The summed E-state index contributed by atoms with van der Waals surface area (Å²) in [5.74, 6) is 0.727. The predicted molar refractivity (Wildman–Crippen MR) is 133 cm³/mol. The van der Waals surface area contributed by atoms with Crippen molar-refractivity contribution in [2.24, 2.45) is 17.6 Å². The Bertz CT molecular complexity index is 1180. The van der Waals surface area contributed by atoms with Gasteiger partial charge in [-0.05, 0) is 70.6 Å². The fraction of sp³-hybridized carbons (Fsp3) is 0.500. The SMILES string of the molecule is Cc1noc(C)c1-c1ccc(NC(=O)C(c2cc(C(N)=O)n(C(C)C)n2)C2CCC(C)CC2)nc1. The monoisotopic (exact) mass is 478 g/mol. The van der Waals surface area contributed by atoms with Gasteiger partial charge in [-0.15, -0.1) is 0 Å². The summed E-state index contributed by atoms with van der Waals surface area (Å²) in [7, 11) is 0. The molecule has 186 valence electrons. The third-order valence-electron chi connectivity index (χ3n) is 6.97. The molecule has 2 amide bonds. The third-order valence-corrected chi connectivity index (χ3v) is 6.97. The minimum absolute atomic E-state index is 0.0557. The molecule has 4 rings (SSSR count). The normalized spacial score (nSPS) is 19.0. The maximum Gasteiger partial charge on any atom is 0.266 e. The Hall–Kier alpha value is -3.49. The summed E-state index contributed by atoms with van der Waals surface area (Å²) in [6.07, 6.45) is 5.69. The highest BCUT2D eigenvalue weighted by molar-refractivity contribution is 5.96. The van der Waals surface area contributed by atoms with E-state index in [0.29, 0.717) is 23.1 Å². The minimum atomic E-state index is -0.551. The molecular formula is C26H34N6O3. The van der Waals surface area contributed by atoms with Crippen LogP contribution in [0.3, 0.4) is 0 Å². The van der Waals surface area contributed by atoms with Crippen LogP contribution in [0.15, 0.2) is 28.9 Å². The van der Waals surface area contributed by atoms with Crippen LogP contribution >= 0.6 is 0 Å². The molecule has 1 aliphatic carbocycles. The molecule has 1 aliphatic rings. The number of rotatable bonds is 7. The van der Waals surface area contributed by atoms with Crippen LogP contribution in [-0.4, -0.2) is 31.7 Å². The average molecular weight is 479 g/mol. The lowest BCUT2D eigenvalue weighted by atomic mass is 9.75. The van der Waals surface area contributed by atoms with Gasteiger partial charge in [0.05, 0.1) is 17.3 Å². The van der Waals surface area contributed by atoms with Gasteiger partial charge in [0.2, 0.25) is 5.91 Å². The van der Waals surface area contributed by atoms with E-state index in [2.05, 4.69) is 27.5 Å². The summed E-state index contributed by atoms with van der Waals surface area (Å²) in [6, 6.07) is 5.30. The number of nitrogens with one attached hydrogen (secondary N) is 1. The van der Waals surface area contributed by atoms with E-state index in [9.17, 15) is 9.59 Å². The molecular weight excluding hydrogens is 444 g/mol. The highest BCUT2D eigenvalue weighted by atomic mass is 16.5. The maximum absolute atomic E-state index is 13.6. The smallest absolute Gasteiger partial charge is 0.266 e. The molecule has 35 heavy (non-hydrogen) atoms. The molecule has 0 radical (unpaired) electrons. The number of nitrogens with two attached hydrogens (primary N) is 1. The summed E-state index contributed by atoms with van der Waals surface area (Å²) in [5, 5.41) is 11.7. The van der Waals surface area contributed by atoms with Crippen molar-refractivity contribution in [1.82, 2.24) is 19.9 Å². The van der Waals surface area contributed by atoms with Gasteiger partial charge in [-0.3, -0.25) is 14.3 Å². The Morgan fingerprint density at radius 2 is 1.89 bits per heavy atom. The first-order valence-electron chi connectivity index (χ1n) is 12.2. The number of aromatic nitrogens is 4. The van der Waals surface area contributed by atoms with Gasteiger partial charge < -0.3 is 15.6 Å². The number of primary amides is 1. The fourth-order valence-electron chi connectivity index (χ4n) is 5.07. The van der Waals surface area contributed by atoms with E-state index in [1.54, 1.807) is 23.0 Å². The van der Waals surface area contributed by atoms with E-state index in [1.807, 2.05) is 33.8 Å². The summed E-state index contributed by atoms with van der Waals surface area (Å²) in [4.78, 5) is 30.2. The van der Waals surface area contributed by atoms with Gasteiger partial charge >= 0.3 is 0 Å². The fourth-order valence-corrected chi connectivity index (χ4v) is 5.07. The molecule has 3 heterocycles. The highest BCUT2D eigenvalue weighted by Gasteiger charge is 2.35. The summed E-state index contributed by atoms with van der Waals surface area (Å²) in [6.45, 7) is 9.86. The van der Waals surface area contributed by atoms with Gasteiger partial charge in [-0.2, -0.15) is 5.10 Å². The second kappa shape index (κ2) is 10.0. The predicted octanol–water partition coefficient (Wildman–Crippen LogP) is 4.78. The number of pyridine rings is 1. The largest absolute Gasteiger partial charge is 0.364 e. The van der Waals surface area contributed by atoms with E-state index in [0.717, 1.165) is 48.3 Å². The second-order valence-corrected chi connectivity index (χ2v) is 9.98. The van der Waals surface area contributed by atoms with Crippen LogP contribution in [0.2, 0.25) is 0 Å². The molecule has 1 unspecified atom stereocenters. The molecule has 0 aromatic carbocycles. The van der Waals surface area contributed by atoms with Crippen LogP contribution in [-0.2, 0) is 4.79 Å². The van der Waals surface area contributed by atoms with Crippen LogP contribution < -0.4 is 11.1 Å². The lowest BCUT2D eigenvalue weighted by Crippen LogP contribution is -2.30. The van der Waals surface area contributed by atoms with Gasteiger partial charge in [0, 0.05) is 23.4 Å². The van der Waals surface area contributed by atoms with Crippen molar-refractivity contribution >= 4 is 17.6 Å². The van der Waals surface area contributed by atoms with Gasteiger partial charge in [0.25, 0.3) is 5.91 Å². The Labute approximate surface area is 205 Å². The molecule has 9 nitrogen and oxygen atoms in total. The lowest BCUT2D eigenvalue weighted by molar-refractivity contribution is -0.119. The molecule has 1 fully saturated rings. The first-order chi connectivity index (χ1) is 16.7. The first kappa shape index (κ1) is 24.6. The summed E-state index contributed by atoms with van der Waals surface area (Å²) in [5.41, 5.74) is 9.08. The van der Waals surface area contributed by atoms with Crippen molar-refractivity contribution in [2.75, 3.05) is 5.32 Å². The van der Waals surface area contributed by atoms with Crippen LogP contribution in [0.5, 0.6) is 0 Å². The maximum atomic E-state index is 13.6. The zero-order chi connectivity index (χ0) is 25.3. The molecule has 1 saturated carbocycles. The Morgan fingerprint density at radius 3 is 2.40 bits per heavy atom. The molecule has 0 bridgehead atoms. The first-order valence-corrected chi connectivity index (χ1v) is 12.2. The molecule has 3 aromatic heterocycles. The molecule has 1 atom stereocenters. The van der Waals surface area contributed by atoms with E-state index in [1.165, 1.54) is 0 Å². The quantitative estimate of drug-likeness (QED) is 0.503. The van der Waals surface area contributed by atoms with Crippen LogP contribution in [0.1, 0.15) is 86.1 Å². The molecule has 0 saturated heterocycles. The van der Waals surface area contributed by atoms with Crippen LogP contribution in [0.25, 0.3) is 11.1 Å². The highest BCUT2D eigenvalue weighted by Crippen LogP contribution is 2.39. The number of amides is 2. The number of hydrogen-bond donors (Lipinski definition) is 2. The zero-order valence-corrected chi connectivity index (χ0v) is 21.0. The Balaban J connectivity index is 1.62. The average Bonchev–Trinajstić information content (AvgIpc) is 3.40. The van der Waals surface area contributed by atoms with Crippen molar-refractivity contribution in [2.45, 2.75) is 72.3 Å². The minimum Gasteiger partial charge on any atom is -0.364 e. The molecule has 0 aliphatic heterocycles. The number of hydrogen-bond acceptors (Lipinski definition) is 6. The molecule has 9 heteroatoms. The molecule has 3 N–H and O–H groups in total. The van der Waals surface area contributed by atoms with Crippen molar-refractivity contribution in [3.8, 4) is 11.1 Å². The van der Waals surface area contributed by atoms with Crippen molar-refractivity contribution in [3.63, 3.8) is 0 Å². The lowest BCUT2D eigenvalue weighted by Gasteiger charge is -2.31. The zero-order valence-electron chi connectivity index (χ0n) is 21.0. The van der Waals surface area contributed by atoms with Crippen molar-refractivity contribution in [1.29, 1.82) is 0 Å². The van der Waals surface area contributed by atoms with Gasteiger partial charge in [0.1, 0.15) is 17.3 Å². The Morgan fingerprint density at radius 1 is 1.17 bits per heavy atom. The standard InChI is InChI=1S/C26H34N6O3/c1-14(2)32-21(25(27)33)12-20(30-32)24(18-8-6-15(3)7-9-18)26(34)29-22-11-10-19(13-28-22)23-16(4)31-35-17(23)5/h10-15,18,24H,6-9H2,1-5H3,(H2,27,33)(H,28,29,34). The van der Waals surface area contributed by atoms with Crippen molar-refractivity contribution in [3.05, 3.63) is 47.2 Å². The topological polar surface area (TPSA) is 129 Å². The number of anilines is 1. The number of aryl methyl sites for hydroxylation is 2. The summed E-state index contributed by atoms with van der Waals surface area (Å²) >= 11 is 0. The van der Waals surface area contributed by atoms with Crippen molar-refractivity contribution < 1.29 is 14.1 Å². The van der Waals surface area contributed by atoms with E-state index in [-0.39, 0.29) is 17.9 Å². The van der Waals surface area contributed by atoms with Gasteiger partial charge in [-0.25, -0.2) is 4.98 Å². The molecule has 3 aromatic rings.